The molecule has 1 rings (SSSR count). The van der Waals surface area contributed by atoms with Crippen molar-refractivity contribution in [2.45, 2.75) is 25.6 Å². The summed E-state index contributed by atoms with van der Waals surface area (Å²) in [5, 5.41) is 1.33. The highest BCUT2D eigenvalue weighted by Crippen LogP contribution is 2.26. The molecule has 0 aromatic heterocycles. The van der Waals surface area contributed by atoms with E-state index < -0.39 is 12.6 Å². The first kappa shape index (κ1) is 12.0. The number of halogens is 3. The van der Waals surface area contributed by atoms with Gasteiger partial charge in [-0.25, -0.2) is 13.2 Å². The number of nitrogens with zero attached hydrogens (tertiary/aromatic N) is 1. The van der Waals surface area contributed by atoms with E-state index in [1.165, 1.54) is 17.2 Å². The SMILES string of the molecule is CC1CSC(S/C=C/C(F)C(F)F)=N1. The van der Waals surface area contributed by atoms with Gasteiger partial charge in [0.2, 0.25) is 0 Å². The van der Waals surface area contributed by atoms with Crippen LogP contribution in [0, 0.1) is 0 Å². The maximum Gasteiger partial charge on any atom is 0.272 e. The third-order valence-corrected chi connectivity index (χ3v) is 3.69. The molecule has 0 bridgehead atoms. The summed E-state index contributed by atoms with van der Waals surface area (Å²) in [6.07, 6.45) is -4.25. The summed E-state index contributed by atoms with van der Waals surface area (Å²) in [7, 11) is 0. The highest BCUT2D eigenvalue weighted by atomic mass is 32.2. The van der Waals surface area contributed by atoms with Gasteiger partial charge >= 0.3 is 0 Å². The van der Waals surface area contributed by atoms with Crippen LogP contribution >= 0.6 is 23.5 Å². The predicted molar refractivity (Wildman–Crippen MR) is 57.0 cm³/mol. The van der Waals surface area contributed by atoms with E-state index in [1.807, 2.05) is 6.92 Å². The number of allylic oxidation sites excluding steroid dienone is 1. The van der Waals surface area contributed by atoms with E-state index in [0.717, 1.165) is 16.2 Å². The average Bonchev–Trinajstić information content (AvgIpc) is 2.51. The number of aliphatic imine (C=N–C) groups is 1. The highest BCUT2D eigenvalue weighted by Gasteiger charge is 2.16. The van der Waals surface area contributed by atoms with E-state index >= 15 is 0 Å². The van der Waals surface area contributed by atoms with Crippen LogP contribution in [0.1, 0.15) is 6.92 Å². The van der Waals surface area contributed by atoms with Gasteiger partial charge in [0, 0.05) is 5.75 Å². The minimum Gasteiger partial charge on any atom is -0.268 e. The number of thioether (sulfide) groups is 2. The monoisotopic (exact) mass is 241 g/mol. The predicted octanol–water partition coefficient (Wildman–Crippen LogP) is 3.33. The Hall–Kier alpha value is -0.100. The van der Waals surface area contributed by atoms with Gasteiger partial charge in [-0.05, 0) is 18.4 Å². The largest absolute Gasteiger partial charge is 0.272 e. The molecule has 0 spiro atoms. The second kappa shape index (κ2) is 5.70. The second-order valence-electron chi connectivity index (χ2n) is 2.78. The van der Waals surface area contributed by atoms with Gasteiger partial charge in [0.25, 0.3) is 6.43 Å². The Bertz CT molecular complexity index is 243. The molecule has 0 radical (unpaired) electrons. The lowest BCUT2D eigenvalue weighted by atomic mass is 10.4. The maximum atomic E-state index is 12.4. The summed E-state index contributed by atoms with van der Waals surface area (Å²) in [5.41, 5.74) is 0. The van der Waals surface area contributed by atoms with Crippen LogP contribution in [0.2, 0.25) is 0 Å². The second-order valence-corrected chi connectivity index (χ2v) is 4.94. The quantitative estimate of drug-likeness (QED) is 0.751. The van der Waals surface area contributed by atoms with Crippen molar-refractivity contribution in [1.29, 1.82) is 0 Å². The zero-order chi connectivity index (χ0) is 10.6. The van der Waals surface area contributed by atoms with Crippen LogP contribution in [0.3, 0.4) is 0 Å². The topological polar surface area (TPSA) is 12.4 Å². The molecular weight excluding hydrogens is 231 g/mol. The molecule has 80 valence electrons. The Kier molecular flexibility index (Phi) is 4.88. The third kappa shape index (κ3) is 3.96. The van der Waals surface area contributed by atoms with Crippen molar-refractivity contribution in [3.05, 3.63) is 11.5 Å². The molecule has 0 aliphatic carbocycles. The van der Waals surface area contributed by atoms with Gasteiger partial charge in [0.15, 0.2) is 6.17 Å². The molecule has 1 nitrogen and oxygen atoms in total. The molecule has 2 atom stereocenters. The van der Waals surface area contributed by atoms with Crippen LogP contribution in [0.15, 0.2) is 16.5 Å². The van der Waals surface area contributed by atoms with Crippen LogP contribution in [0.25, 0.3) is 0 Å². The van der Waals surface area contributed by atoms with Gasteiger partial charge in [-0.2, -0.15) is 0 Å². The summed E-state index contributed by atoms with van der Waals surface area (Å²) in [5.74, 6) is 0.907. The molecule has 0 fully saturated rings. The zero-order valence-electron chi connectivity index (χ0n) is 7.49. The molecule has 1 aliphatic heterocycles. The Balaban J connectivity index is 2.30. The van der Waals surface area contributed by atoms with Crippen molar-refractivity contribution in [1.82, 2.24) is 0 Å². The molecule has 0 saturated carbocycles. The van der Waals surface area contributed by atoms with E-state index in [1.54, 1.807) is 11.8 Å². The summed E-state index contributed by atoms with van der Waals surface area (Å²) >= 11 is 2.75. The van der Waals surface area contributed by atoms with Crippen LogP contribution < -0.4 is 0 Å². The fourth-order valence-electron chi connectivity index (χ4n) is 0.767. The standard InChI is InChI=1S/C8H10F3NS2/c1-5-4-14-8(12-5)13-3-2-6(9)7(10)11/h2-3,5-7H,4H2,1H3/b3-2+. The van der Waals surface area contributed by atoms with E-state index in [-0.39, 0.29) is 6.04 Å². The van der Waals surface area contributed by atoms with Crippen molar-refractivity contribution in [3.8, 4) is 0 Å². The van der Waals surface area contributed by atoms with Gasteiger partial charge in [-0.3, -0.25) is 4.99 Å². The van der Waals surface area contributed by atoms with Crippen LogP contribution in [-0.2, 0) is 0 Å². The Morgan fingerprint density at radius 2 is 2.29 bits per heavy atom. The number of rotatable bonds is 3. The Morgan fingerprint density at radius 3 is 2.79 bits per heavy atom. The number of alkyl halides is 3. The minimum atomic E-state index is -2.94. The fraction of sp³-hybridized carbons (Fsp3) is 0.625. The normalized spacial score (nSPS) is 24.6. The highest BCUT2D eigenvalue weighted by molar-refractivity contribution is 8.40. The minimum absolute atomic E-state index is 0.271. The average molecular weight is 241 g/mol. The molecule has 0 saturated heterocycles. The third-order valence-electron chi connectivity index (χ3n) is 1.45. The van der Waals surface area contributed by atoms with E-state index in [2.05, 4.69) is 4.99 Å². The summed E-state index contributed by atoms with van der Waals surface area (Å²) in [6.45, 7) is 1.97. The van der Waals surface area contributed by atoms with Gasteiger partial charge in [0.05, 0.1) is 6.04 Å². The lowest BCUT2D eigenvalue weighted by Gasteiger charge is -1.98. The molecule has 2 unspecified atom stereocenters. The summed E-state index contributed by atoms with van der Waals surface area (Å²) in [6, 6.07) is 0.271. The smallest absolute Gasteiger partial charge is 0.268 e. The van der Waals surface area contributed by atoms with Crippen molar-refractivity contribution in [3.63, 3.8) is 0 Å². The van der Waals surface area contributed by atoms with Crippen LogP contribution in [0.4, 0.5) is 13.2 Å². The molecule has 1 aliphatic rings. The first-order valence-electron chi connectivity index (χ1n) is 4.05. The van der Waals surface area contributed by atoms with Crippen molar-refractivity contribution < 1.29 is 13.2 Å². The molecular formula is C8H10F3NS2. The molecule has 6 heteroatoms. The summed E-state index contributed by atoms with van der Waals surface area (Å²) in [4.78, 5) is 4.21. The first-order valence-corrected chi connectivity index (χ1v) is 5.92. The number of hydrogen-bond donors (Lipinski definition) is 0. The van der Waals surface area contributed by atoms with Crippen molar-refractivity contribution in [2.24, 2.45) is 4.99 Å². The zero-order valence-corrected chi connectivity index (χ0v) is 9.12. The van der Waals surface area contributed by atoms with Crippen molar-refractivity contribution >= 4 is 27.9 Å². The lowest BCUT2D eigenvalue weighted by Crippen LogP contribution is -2.07. The first-order chi connectivity index (χ1) is 6.59. The van der Waals surface area contributed by atoms with Crippen LogP contribution in [0.5, 0.6) is 0 Å². The van der Waals surface area contributed by atoms with Crippen molar-refractivity contribution in [2.75, 3.05) is 5.75 Å². The van der Waals surface area contributed by atoms with Crippen LogP contribution in [-0.4, -0.2) is 28.8 Å². The van der Waals surface area contributed by atoms with Gasteiger partial charge in [0.1, 0.15) is 4.38 Å². The maximum absolute atomic E-state index is 12.4. The Labute approximate surface area is 89.2 Å². The van der Waals surface area contributed by atoms with Gasteiger partial charge < -0.3 is 0 Å². The van der Waals surface area contributed by atoms with E-state index in [9.17, 15) is 13.2 Å². The molecule has 0 aromatic rings. The molecule has 0 N–H and O–H groups in total. The number of hydrogen-bond acceptors (Lipinski definition) is 3. The lowest BCUT2D eigenvalue weighted by molar-refractivity contribution is 0.0751. The van der Waals surface area contributed by atoms with E-state index in [0.29, 0.717) is 0 Å². The van der Waals surface area contributed by atoms with E-state index in [4.69, 9.17) is 0 Å². The van der Waals surface area contributed by atoms with Gasteiger partial charge in [-0.15, -0.1) is 0 Å². The molecule has 0 aromatic carbocycles. The Morgan fingerprint density at radius 1 is 1.57 bits per heavy atom. The fourth-order valence-corrected chi connectivity index (χ4v) is 2.71. The summed E-state index contributed by atoms with van der Waals surface area (Å²) < 4.78 is 36.6. The molecule has 14 heavy (non-hydrogen) atoms. The van der Waals surface area contributed by atoms with Gasteiger partial charge in [-0.1, -0.05) is 23.5 Å². The molecule has 1 heterocycles. The molecule has 0 amide bonds.